The minimum atomic E-state index is -0.0675. The van der Waals surface area contributed by atoms with Gasteiger partial charge in [-0.25, -0.2) is 4.98 Å². The van der Waals surface area contributed by atoms with Crippen LogP contribution in [0.4, 0.5) is 5.13 Å². The molecule has 4 aromatic rings. The van der Waals surface area contributed by atoms with Crippen LogP contribution in [-0.2, 0) is 6.54 Å². The van der Waals surface area contributed by atoms with Crippen LogP contribution in [0.3, 0.4) is 0 Å². The number of benzene rings is 3. The Labute approximate surface area is 173 Å². The molecule has 0 bridgehead atoms. The van der Waals surface area contributed by atoms with E-state index < -0.39 is 0 Å². The molecular weight excluding hydrogens is 388 g/mol. The highest BCUT2D eigenvalue weighted by molar-refractivity contribution is 7.22. The third-order valence-corrected chi connectivity index (χ3v) is 6.12. The van der Waals surface area contributed by atoms with E-state index in [1.54, 1.807) is 4.90 Å². The average Bonchev–Trinajstić information content (AvgIpc) is 3.14. The Morgan fingerprint density at radius 1 is 1.00 bits per heavy atom. The molecular formula is C23H19ClN2OS. The number of nitrogens with zero attached hydrogens (tertiary/aromatic N) is 2. The second kappa shape index (κ2) is 7.74. The summed E-state index contributed by atoms with van der Waals surface area (Å²) in [7, 11) is 0. The average molecular weight is 407 g/mol. The van der Waals surface area contributed by atoms with Crippen LogP contribution < -0.4 is 4.90 Å². The van der Waals surface area contributed by atoms with Gasteiger partial charge in [-0.1, -0.05) is 65.4 Å². The Balaban J connectivity index is 1.79. The number of anilines is 1. The van der Waals surface area contributed by atoms with E-state index in [-0.39, 0.29) is 5.91 Å². The van der Waals surface area contributed by atoms with Crippen LogP contribution in [0.25, 0.3) is 10.2 Å². The zero-order valence-corrected chi connectivity index (χ0v) is 17.2. The minimum Gasteiger partial charge on any atom is -0.279 e. The number of aryl methyl sites for hydroxylation is 2. The van der Waals surface area contributed by atoms with Gasteiger partial charge in [0.1, 0.15) is 5.52 Å². The van der Waals surface area contributed by atoms with Crippen molar-refractivity contribution in [1.29, 1.82) is 0 Å². The summed E-state index contributed by atoms with van der Waals surface area (Å²) in [5, 5.41) is 1.24. The van der Waals surface area contributed by atoms with E-state index in [9.17, 15) is 4.79 Å². The fourth-order valence-electron chi connectivity index (χ4n) is 3.04. The molecule has 0 fully saturated rings. The standard InChI is InChI=1S/C23H19ClN2OS/c1-15-11-12-18(13-16(15)2)22(27)26(14-17-7-4-3-5-8-17)23-25-21-19(24)9-6-10-20(21)28-23/h3-13H,14H2,1-2H3. The third kappa shape index (κ3) is 3.66. The first-order valence-corrected chi connectivity index (χ1v) is 10.2. The Kier molecular flexibility index (Phi) is 5.16. The summed E-state index contributed by atoms with van der Waals surface area (Å²) in [4.78, 5) is 19.9. The van der Waals surface area contributed by atoms with E-state index in [4.69, 9.17) is 11.6 Å². The summed E-state index contributed by atoms with van der Waals surface area (Å²) in [6.07, 6.45) is 0. The molecule has 0 radical (unpaired) electrons. The molecule has 0 spiro atoms. The van der Waals surface area contributed by atoms with E-state index >= 15 is 0 Å². The van der Waals surface area contributed by atoms with Crippen LogP contribution >= 0.6 is 22.9 Å². The smallest absolute Gasteiger partial charge is 0.260 e. The first-order chi connectivity index (χ1) is 13.5. The van der Waals surface area contributed by atoms with Gasteiger partial charge in [-0.2, -0.15) is 0 Å². The predicted molar refractivity (Wildman–Crippen MR) is 118 cm³/mol. The lowest BCUT2D eigenvalue weighted by atomic mass is 10.1. The molecule has 28 heavy (non-hydrogen) atoms. The van der Waals surface area contributed by atoms with Gasteiger partial charge in [-0.05, 0) is 54.8 Å². The van der Waals surface area contributed by atoms with Gasteiger partial charge in [-0.3, -0.25) is 9.69 Å². The van der Waals surface area contributed by atoms with Gasteiger partial charge in [0.25, 0.3) is 5.91 Å². The van der Waals surface area contributed by atoms with E-state index in [2.05, 4.69) is 4.98 Å². The van der Waals surface area contributed by atoms with Gasteiger partial charge in [0.05, 0.1) is 16.3 Å². The van der Waals surface area contributed by atoms with Crippen molar-refractivity contribution in [3.05, 3.63) is 94.0 Å². The van der Waals surface area contributed by atoms with Gasteiger partial charge in [-0.15, -0.1) is 0 Å². The SMILES string of the molecule is Cc1ccc(C(=O)N(Cc2ccccc2)c2nc3c(Cl)cccc3s2)cc1C. The van der Waals surface area contributed by atoms with E-state index in [1.165, 1.54) is 11.3 Å². The Morgan fingerprint density at radius 2 is 1.79 bits per heavy atom. The number of fused-ring (bicyclic) bond motifs is 1. The highest BCUT2D eigenvalue weighted by atomic mass is 35.5. The monoisotopic (exact) mass is 406 g/mol. The minimum absolute atomic E-state index is 0.0675. The molecule has 4 rings (SSSR count). The Morgan fingerprint density at radius 3 is 2.50 bits per heavy atom. The maximum absolute atomic E-state index is 13.4. The predicted octanol–water partition coefficient (Wildman–Crippen LogP) is 6.41. The van der Waals surface area contributed by atoms with Gasteiger partial charge >= 0.3 is 0 Å². The number of para-hydroxylation sites is 1. The highest BCUT2D eigenvalue weighted by Crippen LogP contribution is 2.34. The lowest BCUT2D eigenvalue weighted by Gasteiger charge is -2.20. The number of hydrogen-bond donors (Lipinski definition) is 0. The summed E-state index contributed by atoms with van der Waals surface area (Å²) in [6.45, 7) is 4.51. The van der Waals surface area contributed by atoms with E-state index in [1.807, 2.05) is 80.6 Å². The molecule has 140 valence electrons. The Bertz CT molecular complexity index is 1150. The number of halogens is 1. The van der Waals surface area contributed by atoms with Crippen LogP contribution in [0, 0.1) is 13.8 Å². The number of thiazole rings is 1. The number of rotatable bonds is 4. The van der Waals surface area contributed by atoms with Crippen molar-refractivity contribution in [2.45, 2.75) is 20.4 Å². The molecule has 3 nitrogen and oxygen atoms in total. The first kappa shape index (κ1) is 18.7. The van der Waals surface area contributed by atoms with Crippen LogP contribution in [0.5, 0.6) is 0 Å². The van der Waals surface area contributed by atoms with Crippen LogP contribution in [0.1, 0.15) is 27.0 Å². The number of hydrogen-bond acceptors (Lipinski definition) is 3. The van der Waals surface area contributed by atoms with Crippen molar-refractivity contribution >= 4 is 44.2 Å². The summed E-state index contributed by atoms with van der Waals surface area (Å²) in [6, 6.07) is 21.4. The summed E-state index contributed by atoms with van der Waals surface area (Å²) in [5.41, 5.74) is 4.69. The fraction of sp³-hybridized carbons (Fsp3) is 0.130. The molecule has 0 saturated heterocycles. The summed E-state index contributed by atoms with van der Waals surface area (Å²) in [5.74, 6) is -0.0675. The van der Waals surface area contributed by atoms with Gasteiger partial charge in [0.2, 0.25) is 0 Å². The normalized spacial score (nSPS) is 11.0. The van der Waals surface area contributed by atoms with Gasteiger partial charge in [0.15, 0.2) is 5.13 Å². The maximum Gasteiger partial charge on any atom is 0.260 e. The Hall–Kier alpha value is -2.69. The molecule has 5 heteroatoms. The molecule has 3 aromatic carbocycles. The van der Waals surface area contributed by atoms with Crippen molar-refractivity contribution in [1.82, 2.24) is 4.98 Å². The van der Waals surface area contributed by atoms with Crippen molar-refractivity contribution < 1.29 is 4.79 Å². The molecule has 0 atom stereocenters. The lowest BCUT2D eigenvalue weighted by molar-refractivity contribution is 0.0985. The molecule has 0 unspecified atom stereocenters. The van der Waals surface area contributed by atoms with Crippen molar-refractivity contribution in [2.75, 3.05) is 4.90 Å². The lowest BCUT2D eigenvalue weighted by Crippen LogP contribution is -2.30. The molecule has 0 saturated carbocycles. The number of carbonyl (C=O) groups excluding carboxylic acids is 1. The number of carbonyl (C=O) groups is 1. The quantitative estimate of drug-likeness (QED) is 0.392. The molecule has 1 amide bonds. The van der Waals surface area contributed by atoms with E-state index in [0.717, 1.165) is 26.9 Å². The van der Waals surface area contributed by atoms with Crippen LogP contribution in [0.2, 0.25) is 5.02 Å². The highest BCUT2D eigenvalue weighted by Gasteiger charge is 2.22. The molecule has 0 N–H and O–H groups in total. The number of amides is 1. The van der Waals surface area contributed by atoms with Crippen LogP contribution in [0.15, 0.2) is 66.7 Å². The molecule has 1 aromatic heterocycles. The van der Waals surface area contributed by atoms with Crippen molar-refractivity contribution in [2.24, 2.45) is 0 Å². The summed E-state index contributed by atoms with van der Waals surface area (Å²) >= 11 is 7.79. The third-order valence-electron chi connectivity index (χ3n) is 4.77. The largest absolute Gasteiger partial charge is 0.279 e. The van der Waals surface area contributed by atoms with Crippen molar-refractivity contribution in [3.8, 4) is 0 Å². The van der Waals surface area contributed by atoms with Crippen molar-refractivity contribution in [3.63, 3.8) is 0 Å². The second-order valence-corrected chi connectivity index (χ2v) is 8.18. The second-order valence-electron chi connectivity index (χ2n) is 6.76. The molecule has 1 heterocycles. The number of aromatic nitrogens is 1. The van der Waals surface area contributed by atoms with Gasteiger partial charge in [0, 0.05) is 5.56 Å². The zero-order valence-electron chi connectivity index (χ0n) is 15.6. The fourth-order valence-corrected chi connectivity index (χ4v) is 4.30. The summed E-state index contributed by atoms with van der Waals surface area (Å²) < 4.78 is 0.966. The molecule has 0 aliphatic carbocycles. The topological polar surface area (TPSA) is 33.2 Å². The molecule has 0 aliphatic rings. The molecule has 0 aliphatic heterocycles. The van der Waals surface area contributed by atoms with Crippen LogP contribution in [-0.4, -0.2) is 10.9 Å². The first-order valence-electron chi connectivity index (χ1n) is 9.01. The zero-order chi connectivity index (χ0) is 19.7. The van der Waals surface area contributed by atoms with Gasteiger partial charge < -0.3 is 0 Å². The van der Waals surface area contributed by atoms with E-state index in [0.29, 0.717) is 22.3 Å². The maximum atomic E-state index is 13.4.